The first-order valence-electron chi connectivity index (χ1n) is 4.39. The number of hydrogen-bond donors (Lipinski definition) is 2. The Morgan fingerprint density at radius 2 is 2.29 bits per heavy atom. The van der Waals surface area contributed by atoms with E-state index >= 15 is 0 Å². The lowest BCUT2D eigenvalue weighted by atomic mass is 10.1. The Bertz CT molecular complexity index is 339. The molecule has 0 saturated heterocycles. The quantitative estimate of drug-likeness (QED) is 0.752. The first-order chi connectivity index (χ1) is 6.65. The molecule has 1 amide bonds. The summed E-state index contributed by atoms with van der Waals surface area (Å²) in [6.45, 7) is 2.44. The highest BCUT2D eigenvalue weighted by Gasteiger charge is 2.06. The third-order valence-corrected chi connectivity index (χ3v) is 1.85. The summed E-state index contributed by atoms with van der Waals surface area (Å²) in [4.78, 5) is 11.4. The molecule has 76 valence electrons. The van der Waals surface area contributed by atoms with Crippen molar-refractivity contribution in [3.05, 3.63) is 35.1 Å². The largest absolute Gasteiger partial charge is 0.351 e. The van der Waals surface area contributed by atoms with Gasteiger partial charge in [0.25, 0.3) is 5.91 Å². The molecule has 14 heavy (non-hydrogen) atoms. The molecule has 0 aliphatic heterocycles. The highest BCUT2D eigenvalue weighted by Crippen LogP contribution is 2.08. The van der Waals surface area contributed by atoms with Gasteiger partial charge in [0.1, 0.15) is 5.82 Å². The summed E-state index contributed by atoms with van der Waals surface area (Å²) < 4.78 is 12.9. The fraction of sp³-hybridized carbons (Fsp3) is 0.300. The average Bonchev–Trinajstić information content (AvgIpc) is 2.18. The van der Waals surface area contributed by atoms with Gasteiger partial charge < -0.3 is 11.1 Å². The number of hydrogen-bond acceptors (Lipinski definition) is 2. The van der Waals surface area contributed by atoms with Crippen molar-refractivity contribution in [3.63, 3.8) is 0 Å². The lowest BCUT2D eigenvalue weighted by Gasteiger charge is -2.04. The van der Waals surface area contributed by atoms with Gasteiger partial charge in [0.05, 0.1) is 0 Å². The average molecular weight is 196 g/mol. The Kier molecular flexibility index (Phi) is 3.59. The minimum Gasteiger partial charge on any atom is -0.351 e. The van der Waals surface area contributed by atoms with Gasteiger partial charge in [-0.1, -0.05) is 0 Å². The predicted molar refractivity (Wildman–Crippen MR) is 52.5 cm³/mol. The van der Waals surface area contributed by atoms with Crippen LogP contribution in [0, 0.1) is 12.7 Å². The van der Waals surface area contributed by atoms with Crippen LogP contribution in [0.25, 0.3) is 0 Å². The number of nitrogens with one attached hydrogen (secondary N) is 1. The van der Waals surface area contributed by atoms with E-state index in [9.17, 15) is 9.18 Å². The maximum Gasteiger partial charge on any atom is 0.251 e. The zero-order valence-electron chi connectivity index (χ0n) is 8.01. The topological polar surface area (TPSA) is 55.1 Å². The summed E-state index contributed by atoms with van der Waals surface area (Å²) in [5, 5.41) is 2.61. The summed E-state index contributed by atoms with van der Waals surface area (Å²) in [6, 6.07) is 4.25. The van der Waals surface area contributed by atoms with Gasteiger partial charge in [-0.2, -0.15) is 0 Å². The van der Waals surface area contributed by atoms with E-state index in [0.717, 1.165) is 0 Å². The van der Waals surface area contributed by atoms with E-state index in [2.05, 4.69) is 5.32 Å². The van der Waals surface area contributed by atoms with Gasteiger partial charge in [0, 0.05) is 18.7 Å². The van der Waals surface area contributed by atoms with E-state index < -0.39 is 0 Å². The SMILES string of the molecule is Cc1cc(C(=O)NCCN)ccc1F. The molecule has 0 aliphatic carbocycles. The van der Waals surface area contributed by atoms with Crippen LogP contribution >= 0.6 is 0 Å². The van der Waals surface area contributed by atoms with Crippen molar-refractivity contribution in [2.45, 2.75) is 6.92 Å². The summed E-state index contributed by atoms with van der Waals surface area (Å²) >= 11 is 0. The van der Waals surface area contributed by atoms with Crippen LogP contribution in [-0.2, 0) is 0 Å². The van der Waals surface area contributed by atoms with Crippen LogP contribution in [0.2, 0.25) is 0 Å². The highest BCUT2D eigenvalue weighted by molar-refractivity contribution is 5.94. The first-order valence-corrected chi connectivity index (χ1v) is 4.39. The number of aryl methyl sites for hydroxylation is 1. The molecule has 0 unspecified atom stereocenters. The summed E-state index contributed by atoms with van der Waals surface area (Å²) in [7, 11) is 0. The number of rotatable bonds is 3. The smallest absolute Gasteiger partial charge is 0.251 e. The van der Waals surface area contributed by atoms with Crippen molar-refractivity contribution >= 4 is 5.91 Å². The van der Waals surface area contributed by atoms with E-state index in [-0.39, 0.29) is 11.7 Å². The fourth-order valence-corrected chi connectivity index (χ4v) is 1.07. The number of halogens is 1. The van der Waals surface area contributed by atoms with Gasteiger partial charge in [-0.25, -0.2) is 4.39 Å². The van der Waals surface area contributed by atoms with E-state index in [1.807, 2.05) is 0 Å². The molecule has 0 bridgehead atoms. The van der Waals surface area contributed by atoms with Crippen molar-refractivity contribution in [2.24, 2.45) is 5.73 Å². The van der Waals surface area contributed by atoms with Crippen LogP contribution in [0.4, 0.5) is 4.39 Å². The van der Waals surface area contributed by atoms with Crippen molar-refractivity contribution in [1.29, 1.82) is 0 Å². The molecule has 0 radical (unpaired) electrons. The minimum atomic E-state index is -0.305. The van der Waals surface area contributed by atoms with E-state index in [0.29, 0.717) is 24.2 Å². The second-order valence-corrected chi connectivity index (χ2v) is 3.01. The number of benzene rings is 1. The monoisotopic (exact) mass is 196 g/mol. The molecule has 0 aromatic heterocycles. The zero-order chi connectivity index (χ0) is 10.6. The Labute approximate surface area is 82.1 Å². The van der Waals surface area contributed by atoms with Crippen LogP contribution in [0.5, 0.6) is 0 Å². The number of carbonyl (C=O) groups excluding carboxylic acids is 1. The molecule has 0 spiro atoms. The van der Waals surface area contributed by atoms with Crippen molar-refractivity contribution in [3.8, 4) is 0 Å². The second kappa shape index (κ2) is 4.72. The number of carbonyl (C=O) groups is 1. The third kappa shape index (κ3) is 2.53. The molecule has 0 fully saturated rings. The van der Waals surface area contributed by atoms with Gasteiger partial charge in [0.2, 0.25) is 0 Å². The van der Waals surface area contributed by atoms with Crippen LogP contribution in [-0.4, -0.2) is 19.0 Å². The zero-order valence-corrected chi connectivity index (χ0v) is 8.01. The predicted octanol–water partition coefficient (Wildman–Crippen LogP) is 0.823. The molecule has 3 nitrogen and oxygen atoms in total. The van der Waals surface area contributed by atoms with Crippen LogP contribution in [0.3, 0.4) is 0 Å². The normalized spacial score (nSPS) is 9.93. The van der Waals surface area contributed by atoms with E-state index in [1.54, 1.807) is 6.92 Å². The van der Waals surface area contributed by atoms with Gasteiger partial charge >= 0.3 is 0 Å². The number of amides is 1. The summed E-state index contributed by atoms with van der Waals surface area (Å²) in [6.07, 6.45) is 0. The third-order valence-electron chi connectivity index (χ3n) is 1.85. The van der Waals surface area contributed by atoms with Crippen LogP contribution in [0.15, 0.2) is 18.2 Å². The molecule has 0 heterocycles. The second-order valence-electron chi connectivity index (χ2n) is 3.01. The highest BCUT2D eigenvalue weighted by atomic mass is 19.1. The van der Waals surface area contributed by atoms with Gasteiger partial charge in [-0.3, -0.25) is 4.79 Å². The minimum absolute atomic E-state index is 0.224. The van der Waals surface area contributed by atoms with Crippen molar-refractivity contribution in [1.82, 2.24) is 5.32 Å². The molecule has 0 saturated carbocycles. The molecule has 1 rings (SSSR count). The Balaban J connectivity index is 2.76. The Hall–Kier alpha value is -1.42. The Morgan fingerprint density at radius 3 is 2.86 bits per heavy atom. The summed E-state index contributed by atoms with van der Waals surface area (Å²) in [5.41, 5.74) is 6.15. The van der Waals surface area contributed by atoms with E-state index in [4.69, 9.17) is 5.73 Å². The van der Waals surface area contributed by atoms with Crippen molar-refractivity contribution < 1.29 is 9.18 Å². The molecule has 4 heteroatoms. The molecule has 0 aliphatic rings. The summed E-state index contributed by atoms with van der Waals surface area (Å²) in [5.74, 6) is -0.529. The van der Waals surface area contributed by atoms with Crippen molar-refractivity contribution in [2.75, 3.05) is 13.1 Å². The van der Waals surface area contributed by atoms with Gasteiger partial charge in [0.15, 0.2) is 0 Å². The number of nitrogens with two attached hydrogens (primary N) is 1. The van der Waals surface area contributed by atoms with Gasteiger partial charge in [-0.15, -0.1) is 0 Å². The van der Waals surface area contributed by atoms with Gasteiger partial charge in [-0.05, 0) is 30.7 Å². The van der Waals surface area contributed by atoms with Crippen LogP contribution < -0.4 is 11.1 Å². The molecular weight excluding hydrogens is 183 g/mol. The lowest BCUT2D eigenvalue weighted by Crippen LogP contribution is -2.29. The maximum absolute atomic E-state index is 12.9. The maximum atomic E-state index is 12.9. The van der Waals surface area contributed by atoms with Crippen LogP contribution in [0.1, 0.15) is 15.9 Å². The molecule has 3 N–H and O–H groups in total. The first kappa shape index (κ1) is 10.7. The molecule has 0 atom stereocenters. The molecule has 1 aromatic carbocycles. The molecule has 1 aromatic rings. The Morgan fingerprint density at radius 1 is 1.57 bits per heavy atom. The lowest BCUT2D eigenvalue weighted by molar-refractivity contribution is 0.0954. The van der Waals surface area contributed by atoms with E-state index in [1.165, 1.54) is 18.2 Å². The standard InChI is InChI=1S/C10H13FN2O/c1-7-6-8(2-3-9(7)11)10(14)13-5-4-12/h2-3,6H,4-5,12H2,1H3,(H,13,14). The fourth-order valence-electron chi connectivity index (χ4n) is 1.07. The molecular formula is C10H13FN2O.